The fourth-order valence-electron chi connectivity index (χ4n) is 4.21. The molecule has 0 aromatic heterocycles. The van der Waals surface area contributed by atoms with Gasteiger partial charge in [0.2, 0.25) is 11.8 Å². The molecule has 11 nitrogen and oxygen atoms in total. The number of carbonyl (C=O) groups excluding carboxylic acids is 2. The van der Waals surface area contributed by atoms with E-state index in [4.69, 9.17) is 16.3 Å². The van der Waals surface area contributed by atoms with Crippen molar-refractivity contribution in [2.75, 3.05) is 24.5 Å². The van der Waals surface area contributed by atoms with Gasteiger partial charge in [-0.25, -0.2) is 12.8 Å². The van der Waals surface area contributed by atoms with Crippen molar-refractivity contribution in [2.45, 2.75) is 44.7 Å². The van der Waals surface area contributed by atoms with Crippen LogP contribution in [0.5, 0.6) is 5.75 Å². The third kappa shape index (κ3) is 7.99. The van der Waals surface area contributed by atoms with Crippen molar-refractivity contribution < 1.29 is 32.1 Å². The van der Waals surface area contributed by atoms with E-state index in [0.29, 0.717) is 18.5 Å². The maximum absolute atomic E-state index is 14.1. The zero-order chi connectivity index (χ0) is 31.9. The van der Waals surface area contributed by atoms with Gasteiger partial charge in [0.1, 0.15) is 24.2 Å². The SMILES string of the molecule is CCCNC(=O)[C@@H](C)N(Cc1ccc(F)cc1)C(=O)CN(c1cc(Cl)ccc1OC)S(=O)(=O)c1ccc(C)c([N+](=O)[O-])c1. The Kier molecular flexibility index (Phi) is 11.1. The highest BCUT2D eigenvalue weighted by Crippen LogP contribution is 2.36. The second-order valence-corrected chi connectivity index (χ2v) is 11.9. The number of nitrogens with zero attached hydrogens (tertiary/aromatic N) is 3. The third-order valence-electron chi connectivity index (χ3n) is 6.64. The minimum absolute atomic E-state index is 0.0567. The Morgan fingerprint density at radius 2 is 1.79 bits per heavy atom. The van der Waals surface area contributed by atoms with Gasteiger partial charge in [-0.05, 0) is 62.2 Å². The molecule has 0 unspecified atom stereocenters. The smallest absolute Gasteiger partial charge is 0.273 e. The van der Waals surface area contributed by atoms with Gasteiger partial charge in [-0.15, -0.1) is 0 Å². The Balaban J connectivity index is 2.15. The monoisotopic (exact) mass is 634 g/mol. The van der Waals surface area contributed by atoms with E-state index in [9.17, 15) is 32.5 Å². The predicted octanol–water partition coefficient (Wildman–Crippen LogP) is 4.84. The summed E-state index contributed by atoms with van der Waals surface area (Å²) >= 11 is 6.22. The molecular formula is C29H32ClFN4O7S. The Hall–Kier alpha value is -4.23. The molecule has 43 heavy (non-hydrogen) atoms. The van der Waals surface area contributed by atoms with Crippen LogP contribution in [0.1, 0.15) is 31.4 Å². The lowest BCUT2D eigenvalue weighted by Crippen LogP contribution is -2.51. The molecule has 3 aromatic carbocycles. The van der Waals surface area contributed by atoms with E-state index in [0.717, 1.165) is 10.4 Å². The highest BCUT2D eigenvalue weighted by molar-refractivity contribution is 7.92. The number of hydrogen-bond acceptors (Lipinski definition) is 7. The van der Waals surface area contributed by atoms with Gasteiger partial charge in [0, 0.05) is 29.7 Å². The number of carbonyl (C=O) groups is 2. The van der Waals surface area contributed by atoms with E-state index < -0.39 is 55.7 Å². The average Bonchev–Trinajstić information content (AvgIpc) is 2.97. The van der Waals surface area contributed by atoms with Crippen molar-refractivity contribution in [1.82, 2.24) is 10.2 Å². The molecule has 3 aromatic rings. The van der Waals surface area contributed by atoms with E-state index in [1.807, 2.05) is 6.92 Å². The molecule has 0 aliphatic carbocycles. The van der Waals surface area contributed by atoms with Crippen molar-refractivity contribution in [2.24, 2.45) is 0 Å². The standard InChI is InChI=1S/C29H32ClFN4O7S/c1-5-14-32-29(37)20(3)33(17-21-7-10-23(31)11-8-21)28(36)18-34(26-15-22(30)9-13-27(26)42-4)43(40,41)24-12-6-19(2)25(16-24)35(38)39/h6-13,15-16,20H,5,14,17-18H2,1-4H3,(H,32,37)/t20-/m1/s1. The summed E-state index contributed by atoms with van der Waals surface area (Å²) in [5.41, 5.74) is 0.207. The van der Waals surface area contributed by atoms with Crippen LogP contribution in [0, 0.1) is 22.9 Å². The highest BCUT2D eigenvalue weighted by atomic mass is 35.5. The Labute approximate surface area is 254 Å². The molecular weight excluding hydrogens is 603 g/mol. The summed E-state index contributed by atoms with van der Waals surface area (Å²) in [5.74, 6) is -1.69. The highest BCUT2D eigenvalue weighted by Gasteiger charge is 2.35. The number of amides is 2. The maximum Gasteiger partial charge on any atom is 0.273 e. The molecule has 0 aliphatic heterocycles. The summed E-state index contributed by atoms with van der Waals surface area (Å²) in [6.45, 7) is 4.21. The fourth-order valence-corrected chi connectivity index (χ4v) is 5.81. The first-order valence-corrected chi connectivity index (χ1v) is 15.0. The summed E-state index contributed by atoms with van der Waals surface area (Å²) in [6.07, 6.45) is 0.646. The number of anilines is 1. The van der Waals surface area contributed by atoms with E-state index in [1.54, 1.807) is 0 Å². The number of nitro groups is 1. The molecule has 14 heteroatoms. The summed E-state index contributed by atoms with van der Waals surface area (Å²) < 4.78 is 47.9. The first-order chi connectivity index (χ1) is 20.3. The van der Waals surface area contributed by atoms with Crippen LogP contribution in [0.25, 0.3) is 0 Å². The van der Waals surface area contributed by atoms with E-state index in [-0.39, 0.29) is 28.6 Å². The molecule has 3 rings (SSSR count). The van der Waals surface area contributed by atoms with Gasteiger partial charge in [-0.2, -0.15) is 0 Å². The molecule has 0 bridgehead atoms. The number of halogens is 2. The second-order valence-electron chi connectivity index (χ2n) is 9.65. The minimum Gasteiger partial charge on any atom is -0.495 e. The number of methoxy groups -OCH3 is 1. The number of rotatable bonds is 13. The number of ether oxygens (including phenoxy) is 1. The van der Waals surface area contributed by atoms with Crippen LogP contribution < -0.4 is 14.4 Å². The van der Waals surface area contributed by atoms with Gasteiger partial charge in [-0.1, -0.05) is 36.7 Å². The van der Waals surface area contributed by atoms with E-state index >= 15 is 0 Å². The third-order valence-corrected chi connectivity index (χ3v) is 8.63. The van der Waals surface area contributed by atoms with Gasteiger partial charge in [-0.3, -0.25) is 24.0 Å². The van der Waals surface area contributed by atoms with E-state index in [2.05, 4.69) is 5.32 Å². The molecule has 0 saturated carbocycles. The zero-order valence-electron chi connectivity index (χ0n) is 24.0. The lowest BCUT2D eigenvalue weighted by molar-refractivity contribution is -0.385. The molecule has 1 N–H and O–H groups in total. The number of hydrogen-bond donors (Lipinski definition) is 1. The van der Waals surface area contributed by atoms with Gasteiger partial charge in [0.05, 0.1) is 22.6 Å². The summed E-state index contributed by atoms with van der Waals surface area (Å²) in [5, 5.41) is 14.5. The maximum atomic E-state index is 14.1. The minimum atomic E-state index is -4.65. The molecule has 230 valence electrons. The van der Waals surface area contributed by atoms with Crippen molar-refractivity contribution in [3.8, 4) is 5.75 Å². The largest absolute Gasteiger partial charge is 0.495 e. The lowest BCUT2D eigenvalue weighted by Gasteiger charge is -2.32. The molecule has 0 fully saturated rings. The second kappa shape index (κ2) is 14.3. The first-order valence-electron chi connectivity index (χ1n) is 13.2. The van der Waals surface area contributed by atoms with Crippen LogP contribution in [0.3, 0.4) is 0 Å². The summed E-state index contributed by atoms with van der Waals surface area (Å²) in [6, 6.07) is 11.8. The number of nitro benzene ring substituents is 1. The van der Waals surface area contributed by atoms with E-state index in [1.165, 1.54) is 80.5 Å². The van der Waals surface area contributed by atoms with Crippen LogP contribution in [0.2, 0.25) is 5.02 Å². The van der Waals surface area contributed by atoms with Crippen molar-refractivity contribution in [1.29, 1.82) is 0 Å². The Morgan fingerprint density at radius 3 is 2.40 bits per heavy atom. The zero-order valence-corrected chi connectivity index (χ0v) is 25.6. The van der Waals surface area contributed by atoms with Gasteiger partial charge >= 0.3 is 0 Å². The van der Waals surface area contributed by atoms with Crippen LogP contribution in [0.4, 0.5) is 15.8 Å². The van der Waals surface area contributed by atoms with Gasteiger partial charge in [0.25, 0.3) is 15.7 Å². The summed E-state index contributed by atoms with van der Waals surface area (Å²) in [7, 11) is -3.35. The molecule has 0 aliphatic rings. The first kappa shape index (κ1) is 33.3. The predicted molar refractivity (Wildman–Crippen MR) is 160 cm³/mol. The van der Waals surface area contributed by atoms with Gasteiger partial charge < -0.3 is 15.0 Å². The van der Waals surface area contributed by atoms with Crippen LogP contribution >= 0.6 is 11.6 Å². The number of aryl methyl sites for hydroxylation is 1. The topological polar surface area (TPSA) is 139 Å². The number of sulfonamides is 1. The van der Waals surface area contributed by atoms with Crippen molar-refractivity contribution in [3.05, 3.63) is 92.7 Å². The van der Waals surface area contributed by atoms with Crippen molar-refractivity contribution in [3.63, 3.8) is 0 Å². The van der Waals surface area contributed by atoms with Gasteiger partial charge in [0.15, 0.2) is 0 Å². The normalized spacial score (nSPS) is 11.9. The number of benzene rings is 3. The fraction of sp³-hybridized carbons (Fsp3) is 0.310. The Morgan fingerprint density at radius 1 is 1.12 bits per heavy atom. The van der Waals surface area contributed by atoms with Crippen molar-refractivity contribution >= 4 is 44.8 Å². The number of nitrogens with one attached hydrogen (secondary N) is 1. The lowest BCUT2D eigenvalue weighted by atomic mass is 10.1. The Bertz CT molecular complexity index is 1600. The summed E-state index contributed by atoms with van der Waals surface area (Å²) in [4.78, 5) is 38.6. The van der Waals surface area contributed by atoms with Crippen LogP contribution in [0.15, 0.2) is 65.6 Å². The molecule has 2 amide bonds. The molecule has 0 radical (unpaired) electrons. The molecule has 0 saturated heterocycles. The average molecular weight is 635 g/mol. The molecule has 0 heterocycles. The van der Waals surface area contributed by atoms with Crippen LogP contribution in [-0.4, -0.2) is 56.3 Å². The molecule has 1 atom stereocenters. The van der Waals surface area contributed by atoms with Crippen LogP contribution in [-0.2, 0) is 26.2 Å². The quantitative estimate of drug-likeness (QED) is 0.210. The molecule has 0 spiro atoms.